The second-order valence-corrected chi connectivity index (χ2v) is 8.46. The van der Waals surface area contributed by atoms with Crippen molar-refractivity contribution < 1.29 is 36.2 Å². The summed E-state index contributed by atoms with van der Waals surface area (Å²) in [6.07, 6.45) is 2.12. The normalized spacial score (nSPS) is 15.4. The predicted molar refractivity (Wildman–Crippen MR) is 125 cm³/mol. The van der Waals surface area contributed by atoms with Gasteiger partial charge in [-0.3, -0.25) is 0 Å². The first-order valence-corrected chi connectivity index (χ1v) is 11.5. The molecule has 0 N–H and O–H groups in total. The zero-order chi connectivity index (χ0) is 26.0. The molecular weight excluding hydrogens is 479 g/mol. The average molecular weight is 502 g/mol. The van der Waals surface area contributed by atoms with Gasteiger partial charge in [-0.05, 0) is 67.7 Å². The average Bonchev–Trinajstić information content (AvgIpc) is 2.86. The summed E-state index contributed by atoms with van der Waals surface area (Å²) in [5.74, 6) is -6.40. The standard InChI is InChI=1S/C28H23F5O3/c1-3-35-23-13-12-20(25(31)27(23)33)17-7-11-19(22(29)14-17)16-5-8-18(9-6-16)36-28(34)21-10-4-15(2)24(30)26(21)32/h4-5,7,10-14,18H,3,6,8-9H2,1-2H3. The van der Waals surface area contributed by atoms with E-state index in [4.69, 9.17) is 9.47 Å². The van der Waals surface area contributed by atoms with Crippen LogP contribution in [0.4, 0.5) is 22.0 Å². The lowest BCUT2D eigenvalue weighted by atomic mass is 9.90. The number of ether oxygens (including phenoxy) is 2. The third-order valence-electron chi connectivity index (χ3n) is 6.10. The van der Waals surface area contributed by atoms with Crippen LogP contribution >= 0.6 is 0 Å². The predicted octanol–water partition coefficient (Wildman–Crippen LogP) is 7.55. The first-order valence-electron chi connectivity index (χ1n) is 11.5. The highest BCUT2D eigenvalue weighted by atomic mass is 19.2. The number of esters is 1. The zero-order valence-corrected chi connectivity index (χ0v) is 19.6. The van der Waals surface area contributed by atoms with Crippen molar-refractivity contribution in [2.45, 2.75) is 39.2 Å². The maximum Gasteiger partial charge on any atom is 0.341 e. The highest BCUT2D eigenvalue weighted by Crippen LogP contribution is 2.34. The SMILES string of the molecule is CCOc1ccc(-c2ccc(C3=CCC(OC(=O)c4ccc(C)c(F)c4F)CC3)c(F)c2)c(F)c1F. The molecule has 0 amide bonds. The molecule has 0 radical (unpaired) electrons. The van der Waals surface area contributed by atoms with Gasteiger partial charge in [0.05, 0.1) is 12.2 Å². The number of benzene rings is 3. The van der Waals surface area contributed by atoms with Crippen molar-refractivity contribution >= 4 is 11.5 Å². The molecule has 0 fully saturated rings. The van der Waals surface area contributed by atoms with E-state index in [-0.39, 0.29) is 35.5 Å². The van der Waals surface area contributed by atoms with Crippen LogP contribution in [0.2, 0.25) is 0 Å². The third kappa shape index (κ3) is 4.98. The topological polar surface area (TPSA) is 35.5 Å². The summed E-state index contributed by atoms with van der Waals surface area (Å²) in [5.41, 5.74) is 0.640. The van der Waals surface area contributed by atoms with Gasteiger partial charge in [-0.15, -0.1) is 0 Å². The number of rotatable bonds is 6. The van der Waals surface area contributed by atoms with Crippen LogP contribution in [0.3, 0.4) is 0 Å². The van der Waals surface area contributed by atoms with Gasteiger partial charge in [0, 0.05) is 17.5 Å². The molecule has 0 spiro atoms. The van der Waals surface area contributed by atoms with Crippen LogP contribution in [0.15, 0.2) is 48.5 Å². The van der Waals surface area contributed by atoms with Crippen LogP contribution in [0.1, 0.15) is 47.7 Å². The van der Waals surface area contributed by atoms with Gasteiger partial charge in [0.25, 0.3) is 0 Å². The summed E-state index contributed by atoms with van der Waals surface area (Å²) >= 11 is 0. The molecule has 0 aromatic heterocycles. The molecule has 1 atom stereocenters. The van der Waals surface area contributed by atoms with Crippen LogP contribution in [0, 0.1) is 36.0 Å². The van der Waals surface area contributed by atoms with Gasteiger partial charge in [0.15, 0.2) is 23.2 Å². The molecule has 3 aromatic carbocycles. The molecule has 4 rings (SSSR count). The molecule has 3 nitrogen and oxygen atoms in total. The lowest BCUT2D eigenvalue weighted by Crippen LogP contribution is -2.21. The van der Waals surface area contributed by atoms with E-state index in [1.165, 1.54) is 43.3 Å². The van der Waals surface area contributed by atoms with E-state index in [0.29, 0.717) is 24.0 Å². The minimum atomic E-state index is -1.25. The monoisotopic (exact) mass is 502 g/mol. The summed E-state index contributed by atoms with van der Waals surface area (Å²) in [7, 11) is 0. The van der Waals surface area contributed by atoms with Crippen LogP contribution in [-0.2, 0) is 4.74 Å². The lowest BCUT2D eigenvalue weighted by Gasteiger charge is -2.23. The van der Waals surface area contributed by atoms with Gasteiger partial charge in [0.1, 0.15) is 11.9 Å². The number of halogens is 5. The molecule has 3 aromatic rings. The molecule has 188 valence electrons. The highest BCUT2D eigenvalue weighted by Gasteiger charge is 2.25. The van der Waals surface area contributed by atoms with Crippen LogP contribution in [0.5, 0.6) is 5.75 Å². The largest absolute Gasteiger partial charge is 0.491 e. The van der Waals surface area contributed by atoms with E-state index >= 15 is 0 Å². The molecule has 0 saturated heterocycles. The molecule has 1 unspecified atom stereocenters. The lowest BCUT2D eigenvalue weighted by molar-refractivity contribution is 0.0279. The van der Waals surface area contributed by atoms with Crippen molar-refractivity contribution in [1.82, 2.24) is 0 Å². The molecule has 8 heteroatoms. The molecule has 36 heavy (non-hydrogen) atoms. The van der Waals surface area contributed by atoms with E-state index in [2.05, 4.69) is 0 Å². The Morgan fingerprint density at radius 2 is 1.67 bits per heavy atom. The minimum absolute atomic E-state index is 0.0812. The highest BCUT2D eigenvalue weighted by molar-refractivity contribution is 5.90. The first-order chi connectivity index (χ1) is 17.2. The van der Waals surface area contributed by atoms with Crippen molar-refractivity contribution in [2.24, 2.45) is 0 Å². The summed E-state index contributed by atoms with van der Waals surface area (Å²) in [6.45, 7) is 3.21. The van der Waals surface area contributed by atoms with Crippen molar-refractivity contribution in [3.05, 3.63) is 94.3 Å². The summed E-state index contributed by atoms with van der Waals surface area (Å²) in [5, 5.41) is 0. The van der Waals surface area contributed by atoms with E-state index < -0.39 is 46.7 Å². The number of carbonyl (C=O) groups excluding carboxylic acids is 1. The number of aryl methyl sites for hydroxylation is 1. The second kappa shape index (κ2) is 10.5. The Morgan fingerprint density at radius 1 is 0.917 bits per heavy atom. The molecule has 0 aliphatic heterocycles. The van der Waals surface area contributed by atoms with Crippen LogP contribution in [0.25, 0.3) is 16.7 Å². The first kappa shape index (κ1) is 25.4. The van der Waals surface area contributed by atoms with Gasteiger partial charge in [0.2, 0.25) is 5.82 Å². The van der Waals surface area contributed by atoms with Gasteiger partial charge >= 0.3 is 5.97 Å². The molecular formula is C28H23F5O3. The van der Waals surface area contributed by atoms with Crippen molar-refractivity contribution in [3.63, 3.8) is 0 Å². The minimum Gasteiger partial charge on any atom is -0.491 e. The third-order valence-corrected chi connectivity index (χ3v) is 6.10. The number of carbonyl (C=O) groups is 1. The molecule has 0 saturated carbocycles. The quantitative estimate of drug-likeness (QED) is 0.258. The van der Waals surface area contributed by atoms with Crippen molar-refractivity contribution in [2.75, 3.05) is 6.61 Å². The fraction of sp³-hybridized carbons (Fsp3) is 0.250. The Kier molecular flexibility index (Phi) is 7.43. The van der Waals surface area contributed by atoms with E-state index in [1.54, 1.807) is 13.0 Å². The maximum absolute atomic E-state index is 15.0. The zero-order valence-electron chi connectivity index (χ0n) is 19.6. The second-order valence-electron chi connectivity index (χ2n) is 8.46. The smallest absolute Gasteiger partial charge is 0.341 e. The van der Waals surface area contributed by atoms with Gasteiger partial charge in [-0.1, -0.05) is 24.3 Å². The van der Waals surface area contributed by atoms with Crippen molar-refractivity contribution in [3.8, 4) is 16.9 Å². The van der Waals surface area contributed by atoms with Gasteiger partial charge in [-0.2, -0.15) is 4.39 Å². The number of hydrogen-bond donors (Lipinski definition) is 0. The molecule has 0 bridgehead atoms. The molecule has 1 aliphatic rings. The van der Waals surface area contributed by atoms with Gasteiger partial charge < -0.3 is 9.47 Å². The Bertz CT molecular complexity index is 1350. The van der Waals surface area contributed by atoms with Gasteiger partial charge in [-0.25, -0.2) is 22.4 Å². The fourth-order valence-corrected chi connectivity index (χ4v) is 4.15. The number of hydrogen-bond acceptors (Lipinski definition) is 3. The maximum atomic E-state index is 15.0. The van der Waals surface area contributed by atoms with Crippen molar-refractivity contribution in [1.29, 1.82) is 0 Å². The van der Waals surface area contributed by atoms with E-state index in [0.717, 1.165) is 6.07 Å². The van der Waals surface area contributed by atoms with Crippen LogP contribution in [-0.4, -0.2) is 18.7 Å². The van der Waals surface area contributed by atoms with Crippen LogP contribution < -0.4 is 4.74 Å². The fourth-order valence-electron chi connectivity index (χ4n) is 4.15. The summed E-state index contributed by atoms with van der Waals surface area (Å²) in [6, 6.07) is 9.23. The Balaban J connectivity index is 1.47. The molecule has 1 aliphatic carbocycles. The van der Waals surface area contributed by atoms with E-state index in [9.17, 15) is 26.7 Å². The summed E-state index contributed by atoms with van der Waals surface area (Å²) < 4.78 is 81.9. The Labute approximate surface area is 205 Å². The van der Waals surface area contributed by atoms with E-state index in [1.807, 2.05) is 0 Å². The molecule has 0 heterocycles. The Hall–Kier alpha value is -3.68. The number of allylic oxidation sites excluding steroid dienone is 1. The Morgan fingerprint density at radius 3 is 2.33 bits per heavy atom. The summed E-state index contributed by atoms with van der Waals surface area (Å²) in [4.78, 5) is 12.3.